The molecule has 8 bridgehead atoms. The molecule has 0 aliphatic carbocycles. The van der Waals surface area contributed by atoms with Crippen LogP contribution in [0.25, 0.3) is 90.0 Å². The quantitative estimate of drug-likeness (QED) is 0.151. The predicted molar refractivity (Wildman–Crippen MR) is 329 cm³/mol. The molecule has 8 nitrogen and oxygen atoms in total. The molecule has 3 aromatic heterocycles. The Morgan fingerprint density at radius 1 is 0.325 bits per heavy atom. The maximum absolute atomic E-state index is 5.89. The van der Waals surface area contributed by atoms with E-state index >= 15 is 0 Å². The first-order valence-corrected chi connectivity index (χ1v) is 27.3. The zero-order chi connectivity index (χ0) is 54.8. The SMILES string of the molecule is Cc1cccc(C2=Cc3cc4nnc(nc5nc(c(-c6cccc(C)c6)c6c(-c7cccc(C)c7)c(-c7cccc(C)c7)c(c(-c7cccc(C)c7)c2n3)n6-c2cccc(C)c2)C(c2cccc(C)c2)=N5)n4-c2cccc(C)c2)c1. The van der Waals surface area contributed by atoms with E-state index in [0.29, 0.717) is 28.5 Å². The maximum atomic E-state index is 5.89. The average molecular weight is 1040 g/mol. The van der Waals surface area contributed by atoms with Crippen molar-refractivity contribution >= 4 is 45.8 Å². The fraction of sp³-hybridized carbons (Fsp3) is 0.111. The highest BCUT2D eigenvalue weighted by molar-refractivity contribution is 6.22. The van der Waals surface area contributed by atoms with Gasteiger partial charge in [-0.1, -0.05) is 197 Å². The smallest absolute Gasteiger partial charge is 0.259 e. The van der Waals surface area contributed by atoms with Crippen LogP contribution < -0.4 is 0 Å². The largest absolute Gasteiger partial charge is 0.308 e. The van der Waals surface area contributed by atoms with Gasteiger partial charge >= 0.3 is 0 Å². The lowest BCUT2D eigenvalue weighted by atomic mass is 9.88. The minimum Gasteiger partial charge on any atom is -0.308 e. The van der Waals surface area contributed by atoms with Crippen molar-refractivity contribution in [2.45, 2.75) is 55.4 Å². The van der Waals surface area contributed by atoms with E-state index in [4.69, 9.17) is 30.1 Å². The molecule has 0 amide bonds. The number of nitrogens with zero attached hydrogens (tertiary/aromatic N) is 8. The number of aromatic nitrogens is 7. The van der Waals surface area contributed by atoms with Crippen LogP contribution >= 0.6 is 0 Å². The van der Waals surface area contributed by atoms with Gasteiger partial charge in [0.1, 0.15) is 11.4 Å². The van der Waals surface area contributed by atoms with Crippen molar-refractivity contribution in [1.82, 2.24) is 34.3 Å². The molecule has 0 spiro atoms. The summed E-state index contributed by atoms with van der Waals surface area (Å²) in [6.45, 7) is 17.2. The Labute approximate surface area is 466 Å². The van der Waals surface area contributed by atoms with Gasteiger partial charge in [-0.2, -0.15) is 4.98 Å². The Kier molecular flexibility index (Phi) is 12.5. The van der Waals surface area contributed by atoms with E-state index < -0.39 is 0 Å². The lowest BCUT2D eigenvalue weighted by molar-refractivity contribution is 1.07. The molecule has 8 aromatic carbocycles. The number of aliphatic imine (C=N–C) groups is 1. The molecule has 2 aliphatic heterocycles. The van der Waals surface area contributed by atoms with Crippen LogP contribution in [0.2, 0.25) is 0 Å². The summed E-state index contributed by atoms with van der Waals surface area (Å²) in [7, 11) is 0. The zero-order valence-corrected chi connectivity index (χ0v) is 46.2. The van der Waals surface area contributed by atoms with E-state index in [2.05, 4.69) is 254 Å². The van der Waals surface area contributed by atoms with Crippen LogP contribution in [-0.4, -0.2) is 40.0 Å². The molecule has 0 saturated carbocycles. The summed E-state index contributed by atoms with van der Waals surface area (Å²) in [5, 5.41) is 9.77. The molecule has 11 aromatic rings. The van der Waals surface area contributed by atoms with Crippen LogP contribution in [0.5, 0.6) is 0 Å². The van der Waals surface area contributed by atoms with E-state index in [1.165, 1.54) is 0 Å². The van der Waals surface area contributed by atoms with Crippen molar-refractivity contribution < 1.29 is 0 Å². The topological polar surface area (TPSA) is 86.7 Å². The summed E-state index contributed by atoms with van der Waals surface area (Å²) in [5.74, 6) is 0.595. The fourth-order valence-electron chi connectivity index (χ4n) is 11.6. The Hall–Kier alpha value is -9.92. The van der Waals surface area contributed by atoms with Gasteiger partial charge in [-0.3, -0.25) is 4.57 Å². The first kappa shape index (κ1) is 49.6. The van der Waals surface area contributed by atoms with Crippen molar-refractivity contribution in [1.29, 1.82) is 0 Å². The standard InChI is InChI=1S/C72H58N8/c1-43-17-9-25-51(33-43)60-41-57-42-61-77-78-72(79(61)58-31-15-23-49(7)39-58)76-71-74-66(56-30-14-22-48(6)38-56)68(75-71)65(55-29-13-21-47(5)37-55)70-63(53-27-11-19-45(3)35-53)62(52-26-10-18-44(2)34-52)69(80(70)59-32-16-24-50(8)40-59)64(67(60)73-57)54-28-12-20-46(4)36-54/h9-42H,1-8H3. The van der Waals surface area contributed by atoms with E-state index in [1.54, 1.807) is 0 Å². The highest BCUT2D eigenvalue weighted by Gasteiger charge is 2.32. The molecule has 0 saturated heterocycles. The van der Waals surface area contributed by atoms with Gasteiger partial charge in [-0.25, -0.2) is 15.0 Å². The van der Waals surface area contributed by atoms with Gasteiger partial charge in [0.05, 0.1) is 28.1 Å². The van der Waals surface area contributed by atoms with Gasteiger partial charge in [-0.05, 0) is 131 Å². The third-order valence-corrected chi connectivity index (χ3v) is 15.1. The number of hydrogen-bond donors (Lipinski definition) is 0. The summed E-state index contributed by atoms with van der Waals surface area (Å²) in [5.41, 5.74) is 27.1. The summed E-state index contributed by atoms with van der Waals surface area (Å²) in [6, 6.07) is 72.1. The number of fused-ring (bicyclic) bond motifs is 8. The molecular formula is C72H58N8. The van der Waals surface area contributed by atoms with Crippen LogP contribution in [0.4, 0.5) is 5.95 Å². The van der Waals surface area contributed by atoms with Crippen LogP contribution in [0, 0.1) is 55.4 Å². The third kappa shape index (κ3) is 9.14. The first-order valence-electron chi connectivity index (χ1n) is 27.3. The van der Waals surface area contributed by atoms with E-state index in [-0.39, 0.29) is 5.95 Å². The van der Waals surface area contributed by atoms with Gasteiger partial charge in [0.15, 0.2) is 5.65 Å². The number of aryl methyl sites for hydroxylation is 8. The Morgan fingerprint density at radius 2 is 0.725 bits per heavy atom. The lowest BCUT2D eigenvalue weighted by Crippen LogP contribution is -2.06. The van der Waals surface area contributed by atoms with Gasteiger partial charge in [0.25, 0.3) is 11.7 Å². The first-order chi connectivity index (χ1) is 38.9. The normalized spacial score (nSPS) is 12.2. The molecule has 80 heavy (non-hydrogen) atoms. The van der Waals surface area contributed by atoms with E-state index in [1.807, 2.05) is 16.7 Å². The Bertz CT molecular complexity index is 4340. The molecular weight excluding hydrogens is 977 g/mol. The second kappa shape index (κ2) is 20.1. The molecule has 2 aliphatic rings. The van der Waals surface area contributed by atoms with E-state index in [9.17, 15) is 0 Å². The monoisotopic (exact) mass is 1030 g/mol. The number of rotatable bonds is 8. The molecule has 0 atom stereocenters. The molecule has 0 N–H and O–H groups in total. The molecule has 13 rings (SSSR count). The summed E-state index contributed by atoms with van der Waals surface area (Å²) in [4.78, 5) is 22.4. The van der Waals surface area contributed by atoms with E-state index in [0.717, 1.165) is 134 Å². The van der Waals surface area contributed by atoms with Gasteiger partial charge in [-0.15, -0.1) is 10.2 Å². The van der Waals surface area contributed by atoms with Crippen molar-refractivity contribution in [2.24, 2.45) is 4.99 Å². The third-order valence-electron chi connectivity index (χ3n) is 15.1. The molecule has 0 unspecified atom stereocenters. The van der Waals surface area contributed by atoms with Gasteiger partial charge in [0, 0.05) is 45.1 Å². The summed E-state index contributed by atoms with van der Waals surface area (Å²) in [6.07, 6.45) is 2.21. The lowest BCUT2D eigenvalue weighted by Gasteiger charge is -2.18. The highest BCUT2D eigenvalue weighted by atomic mass is 15.3. The minimum atomic E-state index is 0.258. The van der Waals surface area contributed by atoms with Crippen molar-refractivity contribution in [3.8, 4) is 55.9 Å². The van der Waals surface area contributed by atoms with Crippen molar-refractivity contribution in [3.63, 3.8) is 0 Å². The van der Waals surface area contributed by atoms with Crippen molar-refractivity contribution in [2.75, 3.05) is 0 Å². The summed E-state index contributed by atoms with van der Waals surface area (Å²) >= 11 is 0. The predicted octanol–water partition coefficient (Wildman–Crippen LogP) is 17.3. The maximum Gasteiger partial charge on any atom is 0.259 e. The van der Waals surface area contributed by atoms with Crippen LogP contribution in [-0.2, 0) is 0 Å². The zero-order valence-electron chi connectivity index (χ0n) is 46.2. The second-order valence-corrected chi connectivity index (χ2v) is 21.5. The Balaban J connectivity index is 1.42. The number of benzene rings is 8. The van der Waals surface area contributed by atoms with Crippen LogP contribution in [0.3, 0.4) is 0 Å². The van der Waals surface area contributed by atoms with Crippen LogP contribution in [0.15, 0.2) is 205 Å². The molecule has 386 valence electrons. The fourth-order valence-corrected chi connectivity index (χ4v) is 11.6. The van der Waals surface area contributed by atoms with Gasteiger partial charge in [0.2, 0.25) is 0 Å². The second-order valence-electron chi connectivity index (χ2n) is 21.5. The average Bonchev–Trinajstić information content (AvgIpc) is 4.41. The van der Waals surface area contributed by atoms with Crippen molar-refractivity contribution in [3.05, 3.63) is 273 Å². The minimum absolute atomic E-state index is 0.258. The molecule has 5 heterocycles. The molecule has 0 radical (unpaired) electrons. The summed E-state index contributed by atoms with van der Waals surface area (Å²) < 4.78 is 4.50. The van der Waals surface area contributed by atoms with Crippen LogP contribution in [0.1, 0.15) is 72.7 Å². The molecule has 0 fully saturated rings. The van der Waals surface area contributed by atoms with Gasteiger partial charge < -0.3 is 4.57 Å². The molecule has 8 heteroatoms. The highest BCUT2D eigenvalue weighted by Crippen LogP contribution is 2.52. The Morgan fingerprint density at radius 3 is 1.21 bits per heavy atom. The number of hydrogen-bond acceptors (Lipinski definition) is 6.